The average Bonchev–Trinajstić information content (AvgIpc) is 2.71. The molecule has 1 N–H and O–H groups in total. The molecule has 0 saturated carbocycles. The van der Waals surface area contributed by atoms with Gasteiger partial charge in [-0.1, -0.05) is 6.07 Å². The number of benzene rings is 1. The molecule has 1 aromatic carbocycles. The number of nitrogens with one attached hydrogen (secondary N) is 1. The summed E-state index contributed by atoms with van der Waals surface area (Å²) in [6.07, 6.45) is 3.13. The van der Waals surface area contributed by atoms with Crippen LogP contribution >= 0.6 is 0 Å². The Morgan fingerprint density at radius 2 is 2.33 bits per heavy atom. The molecule has 4 nitrogen and oxygen atoms in total. The molecular formula is C10H11FN4. The van der Waals surface area contributed by atoms with Crippen molar-refractivity contribution in [3.8, 4) is 0 Å². The zero-order chi connectivity index (χ0) is 10.5. The van der Waals surface area contributed by atoms with Crippen LogP contribution in [-0.2, 0) is 6.54 Å². The van der Waals surface area contributed by atoms with E-state index >= 15 is 0 Å². The van der Waals surface area contributed by atoms with Gasteiger partial charge in [-0.15, -0.1) is 0 Å². The summed E-state index contributed by atoms with van der Waals surface area (Å²) in [4.78, 5) is 3.83. The highest BCUT2D eigenvalue weighted by Crippen LogP contribution is 2.08. The monoisotopic (exact) mass is 206 g/mol. The molecule has 0 atom stereocenters. The molecule has 0 amide bonds. The molecule has 0 unspecified atom stereocenters. The highest BCUT2D eigenvalue weighted by molar-refractivity contribution is 5.42. The van der Waals surface area contributed by atoms with Gasteiger partial charge in [-0.2, -0.15) is 5.10 Å². The predicted molar refractivity (Wildman–Crippen MR) is 54.9 cm³/mol. The summed E-state index contributed by atoms with van der Waals surface area (Å²) >= 11 is 0. The Morgan fingerprint density at radius 1 is 1.40 bits per heavy atom. The van der Waals surface area contributed by atoms with E-state index in [4.69, 9.17) is 0 Å². The molecule has 1 heterocycles. The molecule has 1 aromatic heterocycles. The van der Waals surface area contributed by atoms with Crippen molar-refractivity contribution in [2.75, 3.05) is 11.9 Å². The van der Waals surface area contributed by atoms with E-state index in [9.17, 15) is 4.39 Å². The third-order valence-electron chi connectivity index (χ3n) is 1.96. The van der Waals surface area contributed by atoms with Crippen LogP contribution in [0.3, 0.4) is 0 Å². The van der Waals surface area contributed by atoms with Gasteiger partial charge in [-0.25, -0.2) is 9.37 Å². The van der Waals surface area contributed by atoms with Crippen LogP contribution in [0.5, 0.6) is 0 Å². The number of hydrogen-bond acceptors (Lipinski definition) is 3. The summed E-state index contributed by atoms with van der Waals surface area (Å²) in [5, 5.41) is 7.05. The zero-order valence-electron chi connectivity index (χ0n) is 8.10. The van der Waals surface area contributed by atoms with Gasteiger partial charge in [-0.3, -0.25) is 4.68 Å². The number of aromatic nitrogens is 3. The lowest BCUT2D eigenvalue weighted by Gasteiger charge is -2.05. The number of halogens is 1. The molecule has 0 aliphatic carbocycles. The number of rotatable bonds is 4. The van der Waals surface area contributed by atoms with Gasteiger partial charge in [0, 0.05) is 12.2 Å². The van der Waals surface area contributed by atoms with Gasteiger partial charge in [0.15, 0.2) is 0 Å². The Morgan fingerprint density at radius 3 is 3.07 bits per heavy atom. The van der Waals surface area contributed by atoms with Crippen LogP contribution in [0.1, 0.15) is 0 Å². The second kappa shape index (κ2) is 4.54. The van der Waals surface area contributed by atoms with E-state index in [1.165, 1.54) is 18.5 Å². The van der Waals surface area contributed by atoms with Gasteiger partial charge in [0.25, 0.3) is 0 Å². The summed E-state index contributed by atoms with van der Waals surface area (Å²) in [5.74, 6) is -0.235. The smallest absolute Gasteiger partial charge is 0.137 e. The lowest BCUT2D eigenvalue weighted by molar-refractivity contribution is 0.625. The first-order valence-corrected chi connectivity index (χ1v) is 4.66. The second-order valence-electron chi connectivity index (χ2n) is 3.10. The molecule has 0 bridgehead atoms. The molecular weight excluding hydrogens is 195 g/mol. The summed E-state index contributed by atoms with van der Waals surface area (Å²) in [6.45, 7) is 1.39. The lowest BCUT2D eigenvalue weighted by atomic mass is 10.3. The van der Waals surface area contributed by atoms with Gasteiger partial charge < -0.3 is 5.32 Å². The van der Waals surface area contributed by atoms with Gasteiger partial charge in [0.1, 0.15) is 18.5 Å². The number of nitrogens with zero attached hydrogens (tertiary/aromatic N) is 3. The molecule has 0 radical (unpaired) electrons. The Hall–Kier alpha value is -1.91. The highest BCUT2D eigenvalue weighted by atomic mass is 19.1. The summed E-state index contributed by atoms with van der Waals surface area (Å²) in [6, 6.07) is 6.38. The van der Waals surface area contributed by atoms with Crippen molar-refractivity contribution < 1.29 is 4.39 Å². The first-order chi connectivity index (χ1) is 7.34. The maximum absolute atomic E-state index is 12.8. The topological polar surface area (TPSA) is 42.7 Å². The van der Waals surface area contributed by atoms with Crippen molar-refractivity contribution in [2.45, 2.75) is 6.54 Å². The van der Waals surface area contributed by atoms with Crippen molar-refractivity contribution in [1.82, 2.24) is 14.8 Å². The van der Waals surface area contributed by atoms with Crippen LogP contribution < -0.4 is 5.32 Å². The fourth-order valence-corrected chi connectivity index (χ4v) is 1.26. The summed E-state index contributed by atoms with van der Waals surface area (Å²) in [5.41, 5.74) is 0.773. The minimum absolute atomic E-state index is 0.235. The molecule has 0 aliphatic rings. The third-order valence-corrected chi connectivity index (χ3v) is 1.96. The van der Waals surface area contributed by atoms with E-state index < -0.39 is 0 Å². The van der Waals surface area contributed by atoms with Gasteiger partial charge in [0.2, 0.25) is 0 Å². The lowest BCUT2D eigenvalue weighted by Crippen LogP contribution is -2.10. The molecule has 2 rings (SSSR count). The Kier molecular flexibility index (Phi) is 2.92. The molecule has 0 fully saturated rings. The first kappa shape index (κ1) is 9.64. The summed E-state index contributed by atoms with van der Waals surface area (Å²) in [7, 11) is 0. The van der Waals surface area contributed by atoms with E-state index in [1.54, 1.807) is 17.1 Å². The third kappa shape index (κ3) is 2.77. The molecule has 15 heavy (non-hydrogen) atoms. The molecule has 0 spiro atoms. The fraction of sp³-hybridized carbons (Fsp3) is 0.200. The first-order valence-electron chi connectivity index (χ1n) is 4.66. The molecule has 78 valence electrons. The Labute approximate surface area is 86.8 Å². The quantitative estimate of drug-likeness (QED) is 0.824. The molecule has 2 aromatic rings. The van der Waals surface area contributed by atoms with Crippen molar-refractivity contribution in [2.24, 2.45) is 0 Å². The largest absolute Gasteiger partial charge is 0.383 e. The van der Waals surface area contributed by atoms with Gasteiger partial charge in [-0.05, 0) is 18.2 Å². The molecule has 0 saturated heterocycles. The zero-order valence-corrected chi connectivity index (χ0v) is 8.10. The van der Waals surface area contributed by atoms with E-state index in [-0.39, 0.29) is 5.82 Å². The predicted octanol–water partition coefficient (Wildman–Crippen LogP) is 1.53. The van der Waals surface area contributed by atoms with E-state index in [1.807, 2.05) is 6.07 Å². The van der Waals surface area contributed by atoms with Crippen LogP contribution in [0.15, 0.2) is 36.9 Å². The number of hydrogen-bond donors (Lipinski definition) is 1. The maximum atomic E-state index is 12.8. The van der Waals surface area contributed by atoms with Gasteiger partial charge >= 0.3 is 0 Å². The van der Waals surface area contributed by atoms with Crippen LogP contribution in [-0.4, -0.2) is 21.3 Å². The normalized spacial score (nSPS) is 10.2. The summed E-state index contributed by atoms with van der Waals surface area (Å²) < 4.78 is 14.5. The van der Waals surface area contributed by atoms with Crippen molar-refractivity contribution >= 4 is 5.69 Å². The van der Waals surface area contributed by atoms with Crippen LogP contribution in [0, 0.1) is 5.82 Å². The van der Waals surface area contributed by atoms with Crippen LogP contribution in [0.25, 0.3) is 0 Å². The van der Waals surface area contributed by atoms with Crippen molar-refractivity contribution in [3.63, 3.8) is 0 Å². The maximum Gasteiger partial charge on any atom is 0.137 e. The van der Waals surface area contributed by atoms with E-state index in [2.05, 4.69) is 15.4 Å². The van der Waals surface area contributed by atoms with Crippen molar-refractivity contribution in [1.29, 1.82) is 0 Å². The SMILES string of the molecule is Fc1cccc(NCCn2cncn2)c1. The minimum Gasteiger partial charge on any atom is -0.383 e. The molecule has 0 aliphatic heterocycles. The van der Waals surface area contributed by atoms with Crippen LogP contribution in [0.4, 0.5) is 10.1 Å². The van der Waals surface area contributed by atoms with Crippen molar-refractivity contribution in [3.05, 3.63) is 42.7 Å². The van der Waals surface area contributed by atoms with Crippen LogP contribution in [0.2, 0.25) is 0 Å². The Bertz CT molecular complexity index is 413. The van der Waals surface area contributed by atoms with E-state index in [0.29, 0.717) is 13.1 Å². The molecule has 5 heteroatoms. The second-order valence-corrected chi connectivity index (χ2v) is 3.10. The van der Waals surface area contributed by atoms with Gasteiger partial charge in [0.05, 0.1) is 6.54 Å². The van der Waals surface area contributed by atoms with E-state index in [0.717, 1.165) is 5.69 Å². The number of anilines is 1. The minimum atomic E-state index is -0.235. The Balaban J connectivity index is 1.83. The standard InChI is InChI=1S/C10H11FN4/c11-9-2-1-3-10(6-9)13-4-5-15-8-12-7-14-15/h1-3,6-8,13H,4-5H2. The fourth-order valence-electron chi connectivity index (χ4n) is 1.26. The highest BCUT2D eigenvalue weighted by Gasteiger charge is 1.94. The average molecular weight is 206 g/mol.